The van der Waals surface area contributed by atoms with Crippen molar-refractivity contribution >= 4 is 0 Å². The quantitative estimate of drug-likeness (QED) is 0.510. The summed E-state index contributed by atoms with van der Waals surface area (Å²) in [5, 5.41) is 0. The zero-order valence-electron chi connectivity index (χ0n) is 10.9. The molecule has 16 heavy (non-hydrogen) atoms. The second-order valence-corrected chi connectivity index (χ2v) is 4.55. The van der Waals surface area contributed by atoms with Gasteiger partial charge < -0.3 is 9.47 Å². The maximum atomic E-state index is 5.72. The van der Waals surface area contributed by atoms with Crippen molar-refractivity contribution < 1.29 is 14.3 Å². The van der Waals surface area contributed by atoms with Crippen LogP contribution in [0.4, 0.5) is 0 Å². The molecule has 0 aromatic rings. The summed E-state index contributed by atoms with van der Waals surface area (Å²) in [6.45, 7) is 8.51. The van der Waals surface area contributed by atoms with Gasteiger partial charge in [0.2, 0.25) is 0 Å². The van der Waals surface area contributed by atoms with Gasteiger partial charge in [0.05, 0.1) is 19.3 Å². The molecule has 3 atom stereocenters. The van der Waals surface area contributed by atoms with Gasteiger partial charge in [-0.15, -0.1) is 0 Å². The Morgan fingerprint density at radius 1 is 1.31 bits per heavy atom. The number of methoxy groups -OCH3 is 1. The van der Waals surface area contributed by atoms with Crippen molar-refractivity contribution in [3.63, 3.8) is 0 Å². The first-order chi connectivity index (χ1) is 7.69. The molecule has 1 fully saturated rings. The highest BCUT2D eigenvalue weighted by Crippen LogP contribution is 2.45. The molecule has 3 unspecified atom stereocenters. The van der Waals surface area contributed by atoms with Crippen molar-refractivity contribution in [1.29, 1.82) is 0 Å². The molecule has 0 heterocycles. The van der Waals surface area contributed by atoms with Gasteiger partial charge in [0.15, 0.2) is 0 Å². The summed E-state index contributed by atoms with van der Waals surface area (Å²) in [6, 6.07) is 0.394. The molecule has 1 N–H and O–H groups in total. The highest BCUT2D eigenvalue weighted by atomic mass is 16.7. The molecule has 0 saturated heterocycles. The van der Waals surface area contributed by atoms with Crippen LogP contribution in [-0.2, 0) is 14.3 Å². The molecule has 0 bridgehead atoms. The molecule has 1 rings (SSSR count). The van der Waals surface area contributed by atoms with Gasteiger partial charge in [-0.1, -0.05) is 13.8 Å². The second kappa shape index (κ2) is 6.55. The van der Waals surface area contributed by atoms with E-state index >= 15 is 0 Å². The van der Waals surface area contributed by atoms with Crippen molar-refractivity contribution in [2.45, 2.75) is 45.8 Å². The van der Waals surface area contributed by atoms with E-state index in [0.717, 1.165) is 19.4 Å². The number of hydrogen-bond donors (Lipinski definition) is 1. The third-order valence-electron chi connectivity index (χ3n) is 3.73. The molecule has 0 aromatic heterocycles. The van der Waals surface area contributed by atoms with E-state index in [1.807, 2.05) is 6.92 Å². The Kier molecular flexibility index (Phi) is 5.69. The molecule has 1 saturated carbocycles. The van der Waals surface area contributed by atoms with Crippen LogP contribution in [0.1, 0.15) is 33.6 Å². The van der Waals surface area contributed by atoms with E-state index in [1.54, 1.807) is 7.11 Å². The van der Waals surface area contributed by atoms with Crippen LogP contribution in [0.5, 0.6) is 0 Å². The third kappa shape index (κ3) is 2.94. The lowest BCUT2D eigenvalue weighted by Gasteiger charge is -2.53. The molecule has 0 radical (unpaired) electrons. The van der Waals surface area contributed by atoms with E-state index in [2.05, 4.69) is 19.3 Å². The van der Waals surface area contributed by atoms with Crippen molar-refractivity contribution in [1.82, 2.24) is 5.48 Å². The third-order valence-corrected chi connectivity index (χ3v) is 3.73. The molecule has 0 spiro atoms. The molecule has 4 nitrogen and oxygen atoms in total. The van der Waals surface area contributed by atoms with Gasteiger partial charge in [0, 0.05) is 25.2 Å². The van der Waals surface area contributed by atoms with Crippen molar-refractivity contribution in [2.24, 2.45) is 5.41 Å². The van der Waals surface area contributed by atoms with Crippen LogP contribution < -0.4 is 5.48 Å². The number of ether oxygens (including phenoxy) is 2. The molecule has 1 aliphatic carbocycles. The smallest absolute Gasteiger partial charge is 0.0915 e. The molecule has 4 heteroatoms. The number of hydroxylamine groups is 1. The highest BCUT2D eigenvalue weighted by Gasteiger charge is 2.51. The fraction of sp³-hybridized carbons (Fsp3) is 1.00. The van der Waals surface area contributed by atoms with E-state index in [4.69, 9.17) is 14.3 Å². The van der Waals surface area contributed by atoms with Crippen molar-refractivity contribution in [3.8, 4) is 0 Å². The van der Waals surface area contributed by atoms with Crippen LogP contribution in [-0.4, -0.2) is 39.1 Å². The fourth-order valence-corrected chi connectivity index (χ4v) is 2.22. The summed E-state index contributed by atoms with van der Waals surface area (Å²) in [4.78, 5) is 5.37. The lowest BCUT2D eigenvalue weighted by Crippen LogP contribution is -2.62. The largest absolute Gasteiger partial charge is 0.382 e. The van der Waals surface area contributed by atoms with Gasteiger partial charge in [0.1, 0.15) is 0 Å². The van der Waals surface area contributed by atoms with E-state index in [-0.39, 0.29) is 5.41 Å². The predicted molar refractivity (Wildman–Crippen MR) is 63.2 cm³/mol. The highest BCUT2D eigenvalue weighted by molar-refractivity contribution is 5.03. The molecule has 0 amide bonds. The lowest BCUT2D eigenvalue weighted by molar-refractivity contribution is -0.166. The average Bonchev–Trinajstić information content (AvgIpc) is 2.30. The minimum Gasteiger partial charge on any atom is -0.382 e. The molecular weight excluding hydrogens is 206 g/mol. The Labute approximate surface area is 98.6 Å². The van der Waals surface area contributed by atoms with Crippen molar-refractivity contribution in [3.05, 3.63) is 0 Å². The summed E-state index contributed by atoms with van der Waals surface area (Å²) in [7, 11) is 1.67. The normalized spacial score (nSPS) is 33.8. The first-order valence-corrected chi connectivity index (χ1v) is 6.16. The molecular formula is C12H25NO3. The summed E-state index contributed by atoms with van der Waals surface area (Å²) >= 11 is 0. The SMILES string of the molecule is CCOC1CC(NOCCOC)C1(C)CC. The molecule has 1 aliphatic rings. The molecule has 0 aliphatic heterocycles. The lowest BCUT2D eigenvalue weighted by atomic mass is 9.62. The summed E-state index contributed by atoms with van der Waals surface area (Å²) in [5.41, 5.74) is 3.32. The van der Waals surface area contributed by atoms with Gasteiger partial charge in [-0.3, -0.25) is 4.84 Å². The first-order valence-electron chi connectivity index (χ1n) is 6.16. The number of rotatable bonds is 8. The average molecular weight is 231 g/mol. The van der Waals surface area contributed by atoms with Gasteiger partial charge in [-0.05, 0) is 19.8 Å². The van der Waals surface area contributed by atoms with Gasteiger partial charge >= 0.3 is 0 Å². The first kappa shape index (κ1) is 13.9. The van der Waals surface area contributed by atoms with Gasteiger partial charge in [-0.2, -0.15) is 5.48 Å². The Balaban J connectivity index is 2.28. The molecule has 0 aromatic carbocycles. The predicted octanol–water partition coefficient (Wildman–Crippen LogP) is 1.75. The Bertz CT molecular complexity index is 201. The minimum atomic E-state index is 0.198. The van der Waals surface area contributed by atoms with Crippen LogP contribution in [0.2, 0.25) is 0 Å². The Hall–Kier alpha value is -0.160. The van der Waals surface area contributed by atoms with Crippen molar-refractivity contribution in [2.75, 3.05) is 26.9 Å². The van der Waals surface area contributed by atoms with Crippen LogP contribution in [0, 0.1) is 5.41 Å². The Morgan fingerprint density at radius 3 is 2.62 bits per heavy atom. The number of hydrogen-bond acceptors (Lipinski definition) is 4. The maximum Gasteiger partial charge on any atom is 0.0915 e. The Morgan fingerprint density at radius 2 is 2.06 bits per heavy atom. The zero-order chi connectivity index (χ0) is 12.0. The monoisotopic (exact) mass is 231 g/mol. The summed E-state index contributed by atoms with van der Waals surface area (Å²) in [5.74, 6) is 0. The fourth-order valence-electron chi connectivity index (χ4n) is 2.22. The standard InChI is InChI=1S/C12H25NO3/c1-5-12(3)10(9-11(12)15-6-2)13-16-8-7-14-4/h10-11,13H,5-9H2,1-4H3. The van der Waals surface area contributed by atoms with Gasteiger partial charge in [0.25, 0.3) is 0 Å². The van der Waals surface area contributed by atoms with Crippen LogP contribution in [0.25, 0.3) is 0 Å². The summed E-state index contributed by atoms with van der Waals surface area (Å²) in [6.07, 6.45) is 2.50. The van der Waals surface area contributed by atoms with E-state index < -0.39 is 0 Å². The maximum absolute atomic E-state index is 5.72. The number of nitrogens with one attached hydrogen (secondary N) is 1. The van der Waals surface area contributed by atoms with Crippen LogP contribution in [0.15, 0.2) is 0 Å². The van der Waals surface area contributed by atoms with Crippen LogP contribution in [0.3, 0.4) is 0 Å². The summed E-state index contributed by atoms with van der Waals surface area (Å²) < 4.78 is 10.6. The zero-order valence-corrected chi connectivity index (χ0v) is 10.9. The van der Waals surface area contributed by atoms with E-state index in [1.165, 1.54) is 0 Å². The topological polar surface area (TPSA) is 39.7 Å². The van der Waals surface area contributed by atoms with Gasteiger partial charge in [-0.25, -0.2) is 0 Å². The van der Waals surface area contributed by atoms with Crippen LogP contribution >= 0.6 is 0 Å². The second-order valence-electron chi connectivity index (χ2n) is 4.55. The van der Waals surface area contributed by atoms with E-state index in [0.29, 0.717) is 25.4 Å². The molecule has 96 valence electrons. The van der Waals surface area contributed by atoms with E-state index in [9.17, 15) is 0 Å². The minimum absolute atomic E-state index is 0.198.